The number of nitrogens with zero attached hydrogens (tertiary/aromatic N) is 2. The molecular weight excluding hydrogens is 246 g/mol. The van der Waals surface area contributed by atoms with Crippen molar-refractivity contribution >= 4 is 11.5 Å². The fraction of sp³-hybridized carbons (Fsp3) is 0.385. The lowest BCUT2D eigenvalue weighted by Crippen LogP contribution is -2.14. The van der Waals surface area contributed by atoms with Crippen LogP contribution < -0.4 is 10.5 Å². The normalized spacial score (nSPS) is 12.7. The van der Waals surface area contributed by atoms with Crippen LogP contribution in [0.25, 0.3) is 0 Å². The highest BCUT2D eigenvalue weighted by Gasteiger charge is 2.21. The van der Waals surface area contributed by atoms with Crippen LogP contribution in [0.1, 0.15) is 41.9 Å². The molecule has 0 aliphatic heterocycles. The van der Waals surface area contributed by atoms with Crippen molar-refractivity contribution in [1.82, 2.24) is 9.59 Å². The van der Waals surface area contributed by atoms with Crippen molar-refractivity contribution in [2.75, 3.05) is 7.11 Å². The number of nitrogens with two attached hydrogens (primary N) is 1. The predicted octanol–water partition coefficient (Wildman–Crippen LogP) is 2.72. The molecule has 2 N–H and O–H groups in total. The standard InChI is InChI=1S/C13H17N3OS/c1-8(2)12-13(18-16-15-12)11(14)9-6-4-5-7-10(9)17-3/h4-8,11H,14H2,1-3H3. The van der Waals surface area contributed by atoms with Crippen molar-refractivity contribution in [3.8, 4) is 5.75 Å². The Labute approximate surface area is 111 Å². The van der Waals surface area contributed by atoms with Gasteiger partial charge in [-0.2, -0.15) is 0 Å². The molecule has 2 aromatic rings. The average molecular weight is 263 g/mol. The number of hydrogen-bond donors (Lipinski definition) is 1. The van der Waals surface area contributed by atoms with Crippen LogP contribution >= 0.6 is 11.5 Å². The summed E-state index contributed by atoms with van der Waals surface area (Å²) in [7, 11) is 1.65. The first-order valence-electron chi connectivity index (χ1n) is 5.85. The van der Waals surface area contributed by atoms with E-state index >= 15 is 0 Å². The minimum Gasteiger partial charge on any atom is -0.496 e. The molecule has 0 saturated carbocycles. The molecule has 1 heterocycles. The third kappa shape index (κ3) is 2.37. The van der Waals surface area contributed by atoms with Gasteiger partial charge in [-0.25, -0.2) is 0 Å². The first kappa shape index (κ1) is 13.0. The minimum atomic E-state index is -0.237. The van der Waals surface area contributed by atoms with Crippen LogP contribution in [-0.4, -0.2) is 16.7 Å². The topological polar surface area (TPSA) is 61.0 Å². The van der Waals surface area contributed by atoms with Gasteiger partial charge in [0.1, 0.15) is 5.75 Å². The Morgan fingerprint density at radius 3 is 2.67 bits per heavy atom. The maximum atomic E-state index is 6.33. The second-order valence-corrected chi connectivity index (χ2v) is 5.18. The summed E-state index contributed by atoms with van der Waals surface area (Å²) in [6.07, 6.45) is 0. The Bertz CT molecular complexity index is 524. The number of rotatable bonds is 4. The number of para-hydroxylation sites is 1. The van der Waals surface area contributed by atoms with E-state index in [0.717, 1.165) is 21.9 Å². The SMILES string of the molecule is COc1ccccc1C(N)c1snnc1C(C)C. The van der Waals surface area contributed by atoms with Crippen LogP contribution in [-0.2, 0) is 0 Å². The maximum absolute atomic E-state index is 6.33. The third-order valence-corrected chi connectivity index (χ3v) is 3.67. The molecular formula is C13H17N3OS. The Kier molecular flexibility index (Phi) is 3.93. The molecule has 96 valence electrons. The van der Waals surface area contributed by atoms with Gasteiger partial charge in [-0.15, -0.1) is 5.10 Å². The molecule has 0 aliphatic carbocycles. The summed E-state index contributed by atoms with van der Waals surface area (Å²) in [6.45, 7) is 4.18. The zero-order valence-electron chi connectivity index (χ0n) is 10.8. The summed E-state index contributed by atoms with van der Waals surface area (Å²) < 4.78 is 9.36. The molecule has 0 radical (unpaired) electrons. The second-order valence-electron chi connectivity index (χ2n) is 4.40. The van der Waals surface area contributed by atoms with Gasteiger partial charge in [0.25, 0.3) is 0 Å². The first-order valence-corrected chi connectivity index (χ1v) is 6.63. The highest BCUT2D eigenvalue weighted by Crippen LogP contribution is 2.33. The van der Waals surface area contributed by atoms with Gasteiger partial charge in [-0.3, -0.25) is 0 Å². The average Bonchev–Trinajstić information content (AvgIpc) is 2.87. The van der Waals surface area contributed by atoms with Crippen molar-refractivity contribution in [2.24, 2.45) is 5.73 Å². The summed E-state index contributed by atoms with van der Waals surface area (Å²) in [5.74, 6) is 1.12. The van der Waals surface area contributed by atoms with Gasteiger partial charge in [0.05, 0.1) is 23.7 Å². The molecule has 1 atom stereocenters. The van der Waals surface area contributed by atoms with Crippen LogP contribution in [0.2, 0.25) is 0 Å². The van der Waals surface area contributed by atoms with E-state index in [-0.39, 0.29) is 6.04 Å². The number of hydrogen-bond acceptors (Lipinski definition) is 5. The monoisotopic (exact) mass is 263 g/mol. The Balaban J connectivity index is 2.41. The van der Waals surface area contributed by atoms with Crippen LogP contribution in [0, 0.1) is 0 Å². The molecule has 0 aliphatic rings. The van der Waals surface area contributed by atoms with E-state index < -0.39 is 0 Å². The van der Waals surface area contributed by atoms with Gasteiger partial charge in [-0.1, -0.05) is 36.5 Å². The van der Waals surface area contributed by atoms with Gasteiger partial charge in [0.15, 0.2) is 0 Å². The van der Waals surface area contributed by atoms with E-state index in [1.165, 1.54) is 11.5 Å². The number of benzene rings is 1. The fourth-order valence-electron chi connectivity index (χ4n) is 1.89. The van der Waals surface area contributed by atoms with E-state index in [2.05, 4.69) is 23.4 Å². The summed E-state index contributed by atoms with van der Waals surface area (Å²) in [6, 6.07) is 7.55. The third-order valence-electron chi connectivity index (χ3n) is 2.84. The highest BCUT2D eigenvalue weighted by molar-refractivity contribution is 7.05. The largest absolute Gasteiger partial charge is 0.496 e. The van der Waals surface area contributed by atoms with Crippen molar-refractivity contribution in [3.05, 3.63) is 40.4 Å². The van der Waals surface area contributed by atoms with Gasteiger partial charge in [0, 0.05) is 5.56 Å². The molecule has 0 bridgehead atoms. The first-order chi connectivity index (χ1) is 8.65. The van der Waals surface area contributed by atoms with Crippen LogP contribution in [0.15, 0.2) is 24.3 Å². The molecule has 5 heteroatoms. The number of aromatic nitrogens is 2. The Hall–Kier alpha value is -1.46. The Morgan fingerprint density at radius 1 is 1.28 bits per heavy atom. The van der Waals surface area contributed by atoms with Crippen LogP contribution in [0.3, 0.4) is 0 Å². The summed E-state index contributed by atoms with van der Waals surface area (Å²) in [4.78, 5) is 1.01. The molecule has 0 spiro atoms. The smallest absolute Gasteiger partial charge is 0.124 e. The van der Waals surface area contributed by atoms with E-state index in [0.29, 0.717) is 5.92 Å². The van der Waals surface area contributed by atoms with E-state index in [4.69, 9.17) is 10.5 Å². The summed E-state index contributed by atoms with van der Waals surface area (Å²) in [5, 5.41) is 4.17. The van der Waals surface area contributed by atoms with Crippen LogP contribution in [0.4, 0.5) is 0 Å². The maximum Gasteiger partial charge on any atom is 0.124 e. The van der Waals surface area contributed by atoms with E-state index in [9.17, 15) is 0 Å². The van der Waals surface area contributed by atoms with Gasteiger partial charge >= 0.3 is 0 Å². The lowest BCUT2D eigenvalue weighted by Gasteiger charge is -2.15. The molecule has 0 amide bonds. The van der Waals surface area contributed by atoms with E-state index in [1.807, 2.05) is 24.3 Å². The molecule has 0 saturated heterocycles. The number of ether oxygens (including phenoxy) is 1. The van der Waals surface area contributed by atoms with Crippen molar-refractivity contribution < 1.29 is 4.74 Å². The minimum absolute atomic E-state index is 0.237. The summed E-state index contributed by atoms with van der Waals surface area (Å²) in [5.41, 5.74) is 8.26. The van der Waals surface area contributed by atoms with Crippen molar-refractivity contribution in [1.29, 1.82) is 0 Å². The zero-order valence-corrected chi connectivity index (χ0v) is 11.6. The lowest BCUT2D eigenvalue weighted by atomic mass is 10.0. The van der Waals surface area contributed by atoms with Crippen molar-refractivity contribution in [3.63, 3.8) is 0 Å². The fourth-order valence-corrected chi connectivity index (χ4v) is 2.71. The van der Waals surface area contributed by atoms with Gasteiger partial charge in [0.2, 0.25) is 0 Å². The molecule has 0 fully saturated rings. The van der Waals surface area contributed by atoms with Crippen molar-refractivity contribution in [2.45, 2.75) is 25.8 Å². The van der Waals surface area contributed by atoms with E-state index in [1.54, 1.807) is 7.11 Å². The predicted molar refractivity (Wildman–Crippen MR) is 73.0 cm³/mol. The number of methoxy groups -OCH3 is 1. The molecule has 4 nitrogen and oxygen atoms in total. The summed E-state index contributed by atoms with van der Waals surface area (Å²) >= 11 is 1.36. The molecule has 1 aromatic heterocycles. The molecule has 1 aromatic carbocycles. The zero-order chi connectivity index (χ0) is 13.1. The van der Waals surface area contributed by atoms with Gasteiger partial charge in [-0.05, 0) is 23.5 Å². The molecule has 2 rings (SSSR count). The quantitative estimate of drug-likeness (QED) is 0.921. The lowest BCUT2D eigenvalue weighted by molar-refractivity contribution is 0.408. The second kappa shape index (κ2) is 5.46. The van der Waals surface area contributed by atoms with Crippen LogP contribution in [0.5, 0.6) is 5.75 Å². The Morgan fingerprint density at radius 2 is 2.00 bits per heavy atom. The van der Waals surface area contributed by atoms with Gasteiger partial charge < -0.3 is 10.5 Å². The highest BCUT2D eigenvalue weighted by atomic mass is 32.1. The molecule has 1 unspecified atom stereocenters. The molecule has 18 heavy (non-hydrogen) atoms.